The van der Waals surface area contributed by atoms with Crippen molar-refractivity contribution in [1.82, 2.24) is 14.5 Å². The van der Waals surface area contributed by atoms with Crippen LogP contribution in [0.2, 0.25) is 5.02 Å². The molecule has 4 rings (SSSR count). The van der Waals surface area contributed by atoms with Gasteiger partial charge in [-0.05, 0) is 55.3 Å². The summed E-state index contributed by atoms with van der Waals surface area (Å²) in [7, 11) is -3.74. The number of hydrogen-bond acceptors (Lipinski definition) is 6. The summed E-state index contributed by atoms with van der Waals surface area (Å²) >= 11 is 7.08. The minimum atomic E-state index is -3.74. The van der Waals surface area contributed by atoms with Crippen molar-refractivity contribution in [3.05, 3.63) is 69.4 Å². The quantitative estimate of drug-likeness (QED) is 0.592. The number of carbonyl (C=O) groups is 1. The molecular weight excluding hydrogens is 463 g/mol. The number of benzene rings is 2. The zero-order valence-corrected chi connectivity index (χ0v) is 18.6. The lowest BCUT2D eigenvalue weighted by Gasteiger charge is -2.30. The first-order valence-corrected chi connectivity index (χ1v) is 12.1. The van der Waals surface area contributed by atoms with Gasteiger partial charge in [-0.2, -0.15) is 4.31 Å². The van der Waals surface area contributed by atoms with Gasteiger partial charge in [0.15, 0.2) is 0 Å². The number of nitrogens with zero attached hydrogens (tertiary/aromatic N) is 3. The molecule has 1 aliphatic rings. The first kappa shape index (κ1) is 21.8. The number of sulfonamides is 1. The van der Waals surface area contributed by atoms with Crippen molar-refractivity contribution in [2.24, 2.45) is 0 Å². The van der Waals surface area contributed by atoms with E-state index in [1.165, 1.54) is 16.4 Å². The normalized spacial score (nSPS) is 17.4. The fourth-order valence-electron chi connectivity index (χ4n) is 3.36. The molecule has 0 aliphatic carbocycles. The third-order valence-electron chi connectivity index (χ3n) is 4.90. The highest BCUT2D eigenvalue weighted by molar-refractivity contribution is 7.89. The van der Waals surface area contributed by atoms with Gasteiger partial charge in [-0.25, -0.2) is 12.8 Å². The van der Waals surface area contributed by atoms with Crippen molar-refractivity contribution < 1.29 is 17.6 Å². The van der Waals surface area contributed by atoms with Gasteiger partial charge in [-0.1, -0.05) is 29.0 Å². The number of aromatic nitrogens is 2. The highest BCUT2D eigenvalue weighted by Crippen LogP contribution is 2.32. The number of halogens is 2. The molecule has 0 spiro atoms. The minimum absolute atomic E-state index is 0.0494. The van der Waals surface area contributed by atoms with Crippen molar-refractivity contribution in [3.8, 4) is 0 Å². The van der Waals surface area contributed by atoms with Crippen LogP contribution in [0.15, 0.2) is 53.4 Å². The van der Waals surface area contributed by atoms with Crippen LogP contribution >= 0.6 is 22.9 Å². The van der Waals surface area contributed by atoms with Gasteiger partial charge in [-0.3, -0.25) is 4.79 Å². The lowest BCUT2D eigenvalue weighted by atomic mass is 10.0. The van der Waals surface area contributed by atoms with Gasteiger partial charge < -0.3 is 5.32 Å². The Hall–Kier alpha value is -2.40. The maximum absolute atomic E-state index is 13.2. The average Bonchev–Trinajstić information content (AvgIpc) is 3.25. The van der Waals surface area contributed by atoms with Gasteiger partial charge in [0.2, 0.25) is 15.0 Å². The van der Waals surface area contributed by atoms with Crippen LogP contribution in [0.1, 0.15) is 33.6 Å². The lowest BCUT2D eigenvalue weighted by molar-refractivity contribution is 0.102. The first-order chi connectivity index (χ1) is 14.8. The number of anilines is 1. The predicted octanol–water partition coefficient (Wildman–Crippen LogP) is 4.15. The Kier molecular flexibility index (Phi) is 6.33. The summed E-state index contributed by atoms with van der Waals surface area (Å²) in [6.07, 6.45) is 1.38. The molecule has 2 aromatic carbocycles. The number of piperidine rings is 1. The summed E-state index contributed by atoms with van der Waals surface area (Å²) in [5.41, 5.74) is 0.545. The van der Waals surface area contributed by atoms with Gasteiger partial charge in [0, 0.05) is 29.7 Å². The summed E-state index contributed by atoms with van der Waals surface area (Å²) < 4.78 is 40.4. The van der Waals surface area contributed by atoms with Crippen LogP contribution in [0, 0.1) is 5.82 Å². The third-order valence-corrected chi connectivity index (χ3v) is 8.10. The summed E-state index contributed by atoms with van der Waals surface area (Å²) in [6, 6.07) is 11.5. The average molecular weight is 481 g/mol. The smallest absolute Gasteiger partial charge is 0.286 e. The number of amides is 1. The molecule has 31 heavy (non-hydrogen) atoms. The Bertz CT molecular complexity index is 1200. The second kappa shape index (κ2) is 8.99. The molecule has 1 fully saturated rings. The zero-order valence-electron chi connectivity index (χ0n) is 16.2. The molecule has 3 aromatic rings. The van der Waals surface area contributed by atoms with Gasteiger partial charge in [0.1, 0.15) is 10.8 Å². The molecule has 2 heterocycles. The van der Waals surface area contributed by atoms with E-state index in [2.05, 4.69) is 15.5 Å². The molecule has 1 aromatic heterocycles. The van der Waals surface area contributed by atoms with Crippen LogP contribution in [0.5, 0.6) is 0 Å². The second-order valence-electron chi connectivity index (χ2n) is 7.07. The van der Waals surface area contributed by atoms with Crippen LogP contribution in [0.4, 0.5) is 10.1 Å². The van der Waals surface area contributed by atoms with E-state index in [4.69, 9.17) is 11.6 Å². The largest absolute Gasteiger partial charge is 0.320 e. The molecule has 1 N–H and O–H groups in total. The van der Waals surface area contributed by atoms with Gasteiger partial charge in [0.05, 0.1) is 4.90 Å². The number of hydrogen-bond donors (Lipinski definition) is 1. The summed E-state index contributed by atoms with van der Waals surface area (Å²) in [5, 5.41) is 12.1. The number of nitrogens with one attached hydrogen (secondary N) is 1. The van der Waals surface area contributed by atoms with Gasteiger partial charge >= 0.3 is 0 Å². The predicted molar refractivity (Wildman–Crippen MR) is 116 cm³/mol. The van der Waals surface area contributed by atoms with Crippen LogP contribution < -0.4 is 5.32 Å². The van der Waals surface area contributed by atoms with E-state index in [1.54, 1.807) is 24.3 Å². The molecule has 0 saturated carbocycles. The van der Waals surface area contributed by atoms with Crippen molar-refractivity contribution in [2.75, 3.05) is 18.4 Å². The summed E-state index contributed by atoms with van der Waals surface area (Å²) in [6.45, 7) is 0.599. The Morgan fingerprint density at radius 3 is 2.71 bits per heavy atom. The number of rotatable bonds is 5. The van der Waals surface area contributed by atoms with Crippen molar-refractivity contribution in [3.63, 3.8) is 0 Å². The molecule has 162 valence electrons. The van der Waals surface area contributed by atoms with E-state index in [0.29, 0.717) is 28.7 Å². The van der Waals surface area contributed by atoms with Crippen LogP contribution in [-0.2, 0) is 10.0 Å². The van der Waals surface area contributed by atoms with Crippen molar-refractivity contribution in [2.45, 2.75) is 23.7 Å². The minimum Gasteiger partial charge on any atom is -0.320 e. The molecular formula is C20H18ClFN4O3S2. The summed E-state index contributed by atoms with van der Waals surface area (Å²) in [5.74, 6) is -1.07. The molecule has 7 nitrogen and oxygen atoms in total. The molecule has 0 bridgehead atoms. The highest BCUT2D eigenvalue weighted by Gasteiger charge is 2.32. The molecule has 1 aliphatic heterocycles. The monoisotopic (exact) mass is 480 g/mol. The molecule has 0 radical (unpaired) electrons. The second-order valence-corrected chi connectivity index (χ2v) is 10.4. The molecule has 1 saturated heterocycles. The molecule has 1 amide bonds. The van der Waals surface area contributed by atoms with Gasteiger partial charge in [-0.15, -0.1) is 10.2 Å². The topological polar surface area (TPSA) is 92.3 Å². The fourth-order valence-corrected chi connectivity index (χ4v) is 5.94. The number of carbonyl (C=O) groups excluding carboxylic acids is 1. The van der Waals surface area contributed by atoms with E-state index < -0.39 is 21.7 Å². The van der Waals surface area contributed by atoms with Crippen LogP contribution in [-0.4, -0.2) is 41.9 Å². The lowest BCUT2D eigenvalue weighted by Crippen LogP contribution is -2.39. The Morgan fingerprint density at radius 2 is 1.97 bits per heavy atom. The van der Waals surface area contributed by atoms with E-state index in [1.807, 2.05) is 0 Å². The third kappa shape index (κ3) is 4.93. The standard InChI is InChI=1S/C20H18ClFN4O3S2/c21-14-4-1-5-16(11-14)23-18(27)20-25-24-19(30-20)13-3-2-10-26(12-13)31(28,29)17-8-6-15(22)7-9-17/h1,4-9,11,13H,2-3,10,12H2,(H,23,27)/t13-/m1/s1. The van der Waals surface area contributed by atoms with E-state index in [9.17, 15) is 17.6 Å². The first-order valence-electron chi connectivity index (χ1n) is 9.49. The van der Waals surface area contributed by atoms with Crippen LogP contribution in [0.3, 0.4) is 0 Å². The van der Waals surface area contributed by atoms with E-state index in [0.717, 1.165) is 29.9 Å². The highest BCUT2D eigenvalue weighted by atomic mass is 35.5. The molecule has 11 heteroatoms. The maximum atomic E-state index is 13.2. The van der Waals surface area contributed by atoms with Gasteiger partial charge in [0.25, 0.3) is 5.91 Å². The fraction of sp³-hybridized carbons (Fsp3) is 0.250. The van der Waals surface area contributed by atoms with E-state index in [-0.39, 0.29) is 22.4 Å². The SMILES string of the molecule is O=C(Nc1cccc(Cl)c1)c1nnc([C@@H]2CCCN(S(=O)(=O)c3ccc(F)cc3)C2)s1. The maximum Gasteiger partial charge on any atom is 0.286 e. The molecule has 1 atom stereocenters. The Morgan fingerprint density at radius 1 is 1.19 bits per heavy atom. The van der Waals surface area contributed by atoms with E-state index >= 15 is 0 Å². The van der Waals surface area contributed by atoms with Crippen molar-refractivity contribution >= 4 is 44.6 Å². The Balaban J connectivity index is 1.47. The molecule has 0 unspecified atom stereocenters. The Labute approximate surface area is 187 Å². The van der Waals surface area contributed by atoms with Crippen LogP contribution in [0.25, 0.3) is 0 Å². The zero-order chi connectivity index (χ0) is 22.0. The summed E-state index contributed by atoms with van der Waals surface area (Å²) in [4.78, 5) is 12.5. The van der Waals surface area contributed by atoms with Crippen molar-refractivity contribution in [1.29, 1.82) is 0 Å².